The smallest absolute Gasteiger partial charge is 0.317 e. The van der Waals surface area contributed by atoms with Crippen LogP contribution in [-0.4, -0.2) is 37.4 Å². The van der Waals surface area contributed by atoms with E-state index in [2.05, 4.69) is 5.32 Å². The topological polar surface area (TPSA) is 49.4 Å². The summed E-state index contributed by atoms with van der Waals surface area (Å²) in [7, 11) is 1.58. The van der Waals surface area contributed by atoms with Crippen LogP contribution in [0.15, 0.2) is 0 Å². The summed E-state index contributed by atoms with van der Waals surface area (Å²) in [4.78, 5) is 22.8. The quantitative estimate of drug-likeness (QED) is 0.568. The lowest BCUT2D eigenvalue weighted by atomic mass is 10.1. The first-order valence-electron chi connectivity index (χ1n) is 3.62. The minimum Gasteiger partial charge on any atom is -0.341 e. The summed E-state index contributed by atoms with van der Waals surface area (Å²) in [6, 6.07) is -0.109. The molecule has 0 aromatic heterocycles. The third kappa shape index (κ3) is 1.69. The molecule has 1 fully saturated rings. The van der Waals surface area contributed by atoms with E-state index in [9.17, 15) is 9.59 Å². The van der Waals surface area contributed by atoms with E-state index in [1.54, 1.807) is 11.9 Å². The molecule has 0 bridgehead atoms. The molecule has 4 heteroatoms. The summed E-state index contributed by atoms with van der Waals surface area (Å²) >= 11 is 0. The number of hydrogen-bond acceptors (Lipinski definition) is 2. The van der Waals surface area contributed by atoms with Gasteiger partial charge < -0.3 is 10.2 Å². The molecule has 1 aliphatic heterocycles. The van der Waals surface area contributed by atoms with Crippen LogP contribution in [-0.2, 0) is 4.79 Å². The molecule has 0 spiro atoms. The molecule has 2 amide bonds. The molecule has 0 aromatic rings. The van der Waals surface area contributed by atoms with Gasteiger partial charge in [0.2, 0.25) is 6.29 Å². The van der Waals surface area contributed by atoms with Gasteiger partial charge in [-0.3, -0.25) is 4.79 Å². The zero-order chi connectivity index (χ0) is 8.27. The molecule has 4 nitrogen and oxygen atoms in total. The summed E-state index contributed by atoms with van der Waals surface area (Å²) in [6.07, 6.45) is 2.65. The summed E-state index contributed by atoms with van der Waals surface area (Å²) in [6.45, 7) is 1.18. The molecular formula is C7H11N2O2. The van der Waals surface area contributed by atoms with Gasteiger partial charge in [-0.15, -0.1) is 0 Å². The van der Waals surface area contributed by atoms with Crippen molar-refractivity contribution in [1.82, 2.24) is 10.2 Å². The lowest BCUT2D eigenvalue weighted by Gasteiger charge is -2.13. The van der Waals surface area contributed by atoms with Crippen LogP contribution < -0.4 is 5.32 Å². The van der Waals surface area contributed by atoms with E-state index in [1.807, 2.05) is 6.29 Å². The Balaban J connectivity index is 2.41. The van der Waals surface area contributed by atoms with Gasteiger partial charge in [0.15, 0.2) is 0 Å². The second-order valence-corrected chi connectivity index (χ2v) is 2.60. The molecule has 1 atom stereocenters. The van der Waals surface area contributed by atoms with Crippen molar-refractivity contribution in [3.63, 3.8) is 0 Å². The van der Waals surface area contributed by atoms with Crippen LogP contribution in [0.3, 0.4) is 0 Å². The van der Waals surface area contributed by atoms with Gasteiger partial charge in [0, 0.05) is 26.1 Å². The highest BCUT2D eigenvalue weighted by atomic mass is 16.2. The number of carbonyl (C=O) groups excluding carboxylic acids is 2. The van der Waals surface area contributed by atoms with E-state index in [0.29, 0.717) is 13.1 Å². The predicted octanol–water partition coefficient (Wildman–Crippen LogP) is -0.243. The van der Waals surface area contributed by atoms with Crippen molar-refractivity contribution in [3.05, 3.63) is 0 Å². The molecule has 11 heavy (non-hydrogen) atoms. The molecule has 61 valence electrons. The average molecular weight is 155 g/mol. The van der Waals surface area contributed by atoms with Crippen molar-refractivity contribution in [3.8, 4) is 0 Å². The molecule has 1 rings (SSSR count). The molecule has 1 unspecified atom stereocenters. The number of likely N-dealkylation sites (tertiary alicyclic amines) is 1. The van der Waals surface area contributed by atoms with E-state index < -0.39 is 0 Å². The Bertz CT molecular complexity index is 170. The number of amides is 2. The van der Waals surface area contributed by atoms with E-state index in [1.165, 1.54) is 0 Å². The highest BCUT2D eigenvalue weighted by Crippen LogP contribution is 2.13. The molecule has 1 N–H and O–H groups in total. The normalized spacial score (nSPS) is 23.4. The molecule has 0 aromatic carbocycles. The summed E-state index contributed by atoms with van der Waals surface area (Å²) in [5.74, 6) is -0.0766. The zero-order valence-corrected chi connectivity index (χ0v) is 6.46. The SMILES string of the molecule is CNC(=O)N1CCC([C]=O)C1. The van der Waals surface area contributed by atoms with Crippen LogP contribution in [0.4, 0.5) is 4.79 Å². The van der Waals surface area contributed by atoms with Crippen LogP contribution in [0.1, 0.15) is 6.42 Å². The van der Waals surface area contributed by atoms with E-state index in [4.69, 9.17) is 0 Å². The Morgan fingerprint density at radius 1 is 1.73 bits per heavy atom. The Hall–Kier alpha value is -1.06. The van der Waals surface area contributed by atoms with E-state index >= 15 is 0 Å². The van der Waals surface area contributed by atoms with Crippen molar-refractivity contribution in [1.29, 1.82) is 0 Å². The molecule has 1 saturated heterocycles. The van der Waals surface area contributed by atoms with Crippen molar-refractivity contribution in [2.75, 3.05) is 20.1 Å². The number of nitrogens with one attached hydrogen (secondary N) is 1. The summed E-state index contributed by atoms with van der Waals surface area (Å²) < 4.78 is 0. The number of nitrogens with zero attached hydrogens (tertiary/aromatic N) is 1. The third-order valence-corrected chi connectivity index (χ3v) is 1.86. The third-order valence-electron chi connectivity index (χ3n) is 1.86. The van der Waals surface area contributed by atoms with Gasteiger partial charge in [-0.05, 0) is 6.42 Å². The summed E-state index contributed by atoms with van der Waals surface area (Å²) in [5.41, 5.74) is 0. The Kier molecular flexibility index (Phi) is 2.46. The zero-order valence-electron chi connectivity index (χ0n) is 6.46. The average Bonchev–Trinajstić information content (AvgIpc) is 2.50. The molecule has 0 aliphatic carbocycles. The van der Waals surface area contributed by atoms with E-state index in [0.717, 1.165) is 6.42 Å². The number of carbonyl (C=O) groups is 1. The number of hydrogen-bond donors (Lipinski definition) is 1. The van der Waals surface area contributed by atoms with Gasteiger partial charge in [0.25, 0.3) is 0 Å². The predicted molar refractivity (Wildman–Crippen MR) is 39.8 cm³/mol. The van der Waals surface area contributed by atoms with Crippen molar-refractivity contribution in [2.45, 2.75) is 6.42 Å². The van der Waals surface area contributed by atoms with Crippen LogP contribution in [0, 0.1) is 5.92 Å². The van der Waals surface area contributed by atoms with Gasteiger partial charge in [0.05, 0.1) is 0 Å². The van der Waals surface area contributed by atoms with Crippen LogP contribution in [0.25, 0.3) is 0 Å². The molecule has 1 heterocycles. The van der Waals surface area contributed by atoms with Crippen LogP contribution >= 0.6 is 0 Å². The highest BCUT2D eigenvalue weighted by molar-refractivity contribution is 5.75. The van der Waals surface area contributed by atoms with Gasteiger partial charge in [-0.1, -0.05) is 0 Å². The maximum absolute atomic E-state index is 11.0. The van der Waals surface area contributed by atoms with Gasteiger partial charge >= 0.3 is 6.03 Å². The highest BCUT2D eigenvalue weighted by Gasteiger charge is 2.25. The fraction of sp³-hybridized carbons (Fsp3) is 0.714. The van der Waals surface area contributed by atoms with Crippen LogP contribution in [0.2, 0.25) is 0 Å². The lowest BCUT2D eigenvalue weighted by Crippen LogP contribution is -2.36. The second kappa shape index (κ2) is 3.37. The fourth-order valence-electron chi connectivity index (χ4n) is 1.20. The number of urea groups is 1. The largest absolute Gasteiger partial charge is 0.341 e. The maximum Gasteiger partial charge on any atom is 0.317 e. The Morgan fingerprint density at radius 3 is 2.91 bits per heavy atom. The van der Waals surface area contributed by atoms with Gasteiger partial charge in [-0.2, -0.15) is 0 Å². The first-order valence-corrected chi connectivity index (χ1v) is 3.62. The first kappa shape index (κ1) is 8.04. The van der Waals surface area contributed by atoms with Crippen molar-refractivity contribution < 1.29 is 9.59 Å². The standard InChI is InChI=1S/C7H11N2O2/c1-8-7(11)9-3-2-6(4-9)5-10/h6H,2-4H2,1H3,(H,8,11). The molecule has 0 saturated carbocycles. The Morgan fingerprint density at radius 2 is 2.45 bits per heavy atom. The van der Waals surface area contributed by atoms with Crippen molar-refractivity contribution >= 4 is 12.3 Å². The minimum atomic E-state index is -0.109. The first-order chi connectivity index (χ1) is 5.27. The number of rotatable bonds is 1. The fourth-order valence-corrected chi connectivity index (χ4v) is 1.20. The maximum atomic E-state index is 11.0. The van der Waals surface area contributed by atoms with E-state index in [-0.39, 0.29) is 11.9 Å². The monoisotopic (exact) mass is 155 g/mol. The molecular weight excluding hydrogens is 144 g/mol. The minimum absolute atomic E-state index is 0.0766. The Labute approximate surface area is 65.6 Å². The molecule has 1 radical (unpaired) electrons. The van der Waals surface area contributed by atoms with Crippen LogP contribution in [0.5, 0.6) is 0 Å². The molecule has 1 aliphatic rings. The summed E-state index contributed by atoms with van der Waals surface area (Å²) in [5, 5.41) is 2.51. The lowest BCUT2D eigenvalue weighted by molar-refractivity contribution is 0.210. The van der Waals surface area contributed by atoms with Gasteiger partial charge in [-0.25, -0.2) is 4.79 Å². The van der Waals surface area contributed by atoms with Gasteiger partial charge in [0.1, 0.15) is 0 Å². The second-order valence-electron chi connectivity index (χ2n) is 2.60. The van der Waals surface area contributed by atoms with Crippen molar-refractivity contribution in [2.24, 2.45) is 5.92 Å².